The number of hydrogen-bond donors (Lipinski definition) is 1. The number of thioether (sulfide) groups is 1. The number of nitrogens with zero attached hydrogens (tertiary/aromatic N) is 1. The molecule has 0 aromatic rings. The van der Waals surface area contributed by atoms with Crippen LogP contribution in [0.5, 0.6) is 0 Å². The van der Waals surface area contributed by atoms with Crippen molar-refractivity contribution in [2.45, 2.75) is 50.1 Å². The van der Waals surface area contributed by atoms with Crippen molar-refractivity contribution in [3.63, 3.8) is 0 Å². The standard InChI is InChI=1S/C13H26N2S/c1-15(2)13(7-3-4-8-13)11-14-12-6-5-9-16-10-12/h12,14H,3-11H2,1-2H3/t12-/m1/s1. The van der Waals surface area contributed by atoms with Gasteiger partial charge < -0.3 is 10.2 Å². The van der Waals surface area contributed by atoms with Crippen LogP contribution < -0.4 is 5.32 Å². The Kier molecular flexibility index (Phi) is 4.57. The minimum atomic E-state index is 0.460. The van der Waals surface area contributed by atoms with Crippen molar-refractivity contribution < 1.29 is 0 Å². The molecule has 1 heterocycles. The largest absolute Gasteiger partial charge is 0.311 e. The van der Waals surface area contributed by atoms with Gasteiger partial charge in [0.2, 0.25) is 0 Å². The Morgan fingerprint density at radius 3 is 2.56 bits per heavy atom. The minimum absolute atomic E-state index is 0.460. The zero-order valence-electron chi connectivity index (χ0n) is 10.8. The van der Waals surface area contributed by atoms with Gasteiger partial charge >= 0.3 is 0 Å². The van der Waals surface area contributed by atoms with E-state index in [1.54, 1.807) is 0 Å². The molecule has 16 heavy (non-hydrogen) atoms. The summed E-state index contributed by atoms with van der Waals surface area (Å²) in [6.45, 7) is 1.20. The summed E-state index contributed by atoms with van der Waals surface area (Å²) in [6, 6.07) is 0.774. The smallest absolute Gasteiger partial charge is 0.0327 e. The molecule has 0 amide bonds. The average Bonchev–Trinajstić information content (AvgIpc) is 2.78. The van der Waals surface area contributed by atoms with E-state index in [0.29, 0.717) is 5.54 Å². The van der Waals surface area contributed by atoms with E-state index < -0.39 is 0 Å². The van der Waals surface area contributed by atoms with Gasteiger partial charge in [0.25, 0.3) is 0 Å². The van der Waals surface area contributed by atoms with Gasteiger partial charge in [0, 0.05) is 23.9 Å². The highest BCUT2D eigenvalue weighted by Gasteiger charge is 2.36. The average molecular weight is 242 g/mol. The first-order chi connectivity index (χ1) is 7.73. The van der Waals surface area contributed by atoms with Crippen molar-refractivity contribution in [1.82, 2.24) is 10.2 Å². The fraction of sp³-hybridized carbons (Fsp3) is 1.00. The summed E-state index contributed by atoms with van der Waals surface area (Å²) < 4.78 is 0. The van der Waals surface area contributed by atoms with E-state index >= 15 is 0 Å². The third kappa shape index (κ3) is 2.93. The lowest BCUT2D eigenvalue weighted by molar-refractivity contribution is 0.149. The first kappa shape index (κ1) is 12.7. The Bertz CT molecular complexity index is 206. The first-order valence-electron chi connectivity index (χ1n) is 6.71. The van der Waals surface area contributed by atoms with Gasteiger partial charge in [0.15, 0.2) is 0 Å². The topological polar surface area (TPSA) is 15.3 Å². The molecule has 2 nitrogen and oxygen atoms in total. The van der Waals surface area contributed by atoms with Crippen LogP contribution in [-0.2, 0) is 0 Å². The van der Waals surface area contributed by atoms with E-state index in [4.69, 9.17) is 0 Å². The van der Waals surface area contributed by atoms with Crippen molar-refractivity contribution >= 4 is 11.8 Å². The number of likely N-dealkylation sites (N-methyl/N-ethyl adjacent to an activating group) is 1. The molecule has 1 aliphatic carbocycles. The monoisotopic (exact) mass is 242 g/mol. The highest BCUT2D eigenvalue weighted by Crippen LogP contribution is 2.33. The molecule has 94 valence electrons. The molecule has 3 heteroatoms. The van der Waals surface area contributed by atoms with Crippen LogP contribution in [0.1, 0.15) is 38.5 Å². The third-order valence-electron chi connectivity index (χ3n) is 4.36. The van der Waals surface area contributed by atoms with Gasteiger partial charge in [-0.1, -0.05) is 12.8 Å². The van der Waals surface area contributed by atoms with Crippen LogP contribution in [0.2, 0.25) is 0 Å². The number of nitrogens with one attached hydrogen (secondary N) is 1. The van der Waals surface area contributed by atoms with Crippen molar-refractivity contribution in [1.29, 1.82) is 0 Å². The van der Waals surface area contributed by atoms with Gasteiger partial charge in [-0.2, -0.15) is 11.8 Å². The summed E-state index contributed by atoms with van der Waals surface area (Å²) in [5.41, 5.74) is 0.460. The Morgan fingerprint density at radius 1 is 1.25 bits per heavy atom. The summed E-state index contributed by atoms with van der Waals surface area (Å²) in [5.74, 6) is 2.69. The number of rotatable bonds is 4. The zero-order valence-corrected chi connectivity index (χ0v) is 11.6. The Hall–Kier alpha value is 0.270. The Morgan fingerprint density at radius 2 is 2.00 bits per heavy atom. The summed E-state index contributed by atoms with van der Waals surface area (Å²) in [5, 5.41) is 3.82. The maximum absolute atomic E-state index is 3.82. The summed E-state index contributed by atoms with van der Waals surface area (Å²) in [6.07, 6.45) is 8.38. The van der Waals surface area contributed by atoms with E-state index in [0.717, 1.165) is 6.04 Å². The van der Waals surface area contributed by atoms with Gasteiger partial charge in [0.1, 0.15) is 0 Å². The van der Waals surface area contributed by atoms with Crippen LogP contribution in [0, 0.1) is 0 Å². The van der Waals surface area contributed by atoms with Crippen LogP contribution in [0.4, 0.5) is 0 Å². The van der Waals surface area contributed by atoms with Gasteiger partial charge in [-0.15, -0.1) is 0 Å². The normalized spacial score (nSPS) is 29.8. The molecular weight excluding hydrogens is 216 g/mol. The predicted molar refractivity (Wildman–Crippen MR) is 73.2 cm³/mol. The second-order valence-corrected chi connectivity index (χ2v) is 6.77. The molecule has 0 aromatic heterocycles. The third-order valence-corrected chi connectivity index (χ3v) is 5.58. The molecule has 2 aliphatic rings. The molecule has 2 fully saturated rings. The van der Waals surface area contributed by atoms with E-state index in [2.05, 4.69) is 36.1 Å². The van der Waals surface area contributed by atoms with E-state index in [1.165, 1.54) is 56.6 Å². The quantitative estimate of drug-likeness (QED) is 0.815. The van der Waals surface area contributed by atoms with Crippen LogP contribution >= 0.6 is 11.8 Å². The van der Waals surface area contributed by atoms with Crippen LogP contribution in [-0.4, -0.2) is 48.6 Å². The zero-order chi connectivity index (χ0) is 11.4. The summed E-state index contributed by atoms with van der Waals surface area (Å²) in [4.78, 5) is 2.46. The summed E-state index contributed by atoms with van der Waals surface area (Å²) >= 11 is 2.12. The molecule has 1 N–H and O–H groups in total. The van der Waals surface area contributed by atoms with Gasteiger partial charge in [-0.3, -0.25) is 0 Å². The van der Waals surface area contributed by atoms with Crippen molar-refractivity contribution in [2.75, 3.05) is 32.1 Å². The maximum atomic E-state index is 3.82. The van der Waals surface area contributed by atoms with Crippen molar-refractivity contribution in [3.05, 3.63) is 0 Å². The molecule has 0 radical (unpaired) electrons. The maximum Gasteiger partial charge on any atom is 0.0327 e. The van der Waals surface area contributed by atoms with Crippen LogP contribution in [0.15, 0.2) is 0 Å². The van der Waals surface area contributed by atoms with Crippen molar-refractivity contribution in [2.24, 2.45) is 0 Å². The Balaban J connectivity index is 1.81. The second-order valence-electron chi connectivity index (χ2n) is 5.62. The van der Waals surface area contributed by atoms with E-state index in [1.807, 2.05) is 0 Å². The first-order valence-corrected chi connectivity index (χ1v) is 7.87. The lowest BCUT2D eigenvalue weighted by atomic mass is 9.95. The van der Waals surface area contributed by atoms with Gasteiger partial charge in [0.05, 0.1) is 0 Å². The van der Waals surface area contributed by atoms with Crippen LogP contribution in [0.3, 0.4) is 0 Å². The van der Waals surface area contributed by atoms with E-state index in [-0.39, 0.29) is 0 Å². The molecule has 1 aliphatic heterocycles. The molecule has 0 bridgehead atoms. The fourth-order valence-electron chi connectivity index (χ4n) is 3.05. The van der Waals surface area contributed by atoms with Crippen molar-refractivity contribution in [3.8, 4) is 0 Å². The van der Waals surface area contributed by atoms with Gasteiger partial charge in [-0.25, -0.2) is 0 Å². The Labute approximate surface area is 105 Å². The SMILES string of the molecule is CN(C)C1(CN[C@@H]2CCCSC2)CCCC1. The molecular formula is C13H26N2S. The lowest BCUT2D eigenvalue weighted by Gasteiger charge is -2.38. The highest BCUT2D eigenvalue weighted by molar-refractivity contribution is 7.99. The molecule has 0 spiro atoms. The molecule has 1 atom stereocenters. The molecule has 0 unspecified atom stereocenters. The van der Waals surface area contributed by atoms with E-state index in [9.17, 15) is 0 Å². The molecule has 1 saturated carbocycles. The minimum Gasteiger partial charge on any atom is -0.311 e. The molecule has 0 aromatic carbocycles. The molecule has 1 saturated heterocycles. The second kappa shape index (κ2) is 5.74. The number of hydrogen-bond acceptors (Lipinski definition) is 3. The fourth-order valence-corrected chi connectivity index (χ4v) is 4.16. The van der Waals surface area contributed by atoms with Gasteiger partial charge in [-0.05, 0) is 45.5 Å². The predicted octanol–water partition coefficient (Wildman–Crippen LogP) is 2.35. The molecule has 2 rings (SSSR count). The highest BCUT2D eigenvalue weighted by atomic mass is 32.2. The lowest BCUT2D eigenvalue weighted by Crippen LogP contribution is -2.52. The summed E-state index contributed by atoms with van der Waals surface area (Å²) in [7, 11) is 4.51. The van der Waals surface area contributed by atoms with Crippen LogP contribution in [0.25, 0.3) is 0 Å².